The van der Waals surface area contributed by atoms with Crippen LogP contribution in [0.5, 0.6) is 0 Å². The topological polar surface area (TPSA) is 74.8 Å². The minimum Gasteiger partial charge on any atom is -0.355 e. The first-order valence-corrected chi connectivity index (χ1v) is 10.4. The predicted octanol–water partition coefficient (Wildman–Crippen LogP) is 3.46. The van der Waals surface area contributed by atoms with Gasteiger partial charge >= 0.3 is 0 Å². The Kier molecular flexibility index (Phi) is 8.40. The Balaban J connectivity index is 1.96. The summed E-state index contributed by atoms with van der Waals surface area (Å²) in [5.74, 6) is 0.769. The van der Waals surface area contributed by atoms with Gasteiger partial charge < -0.3 is 16.0 Å². The number of benzene rings is 2. The summed E-state index contributed by atoms with van der Waals surface area (Å²) >= 11 is 0. The molecule has 29 heavy (non-hydrogen) atoms. The van der Waals surface area contributed by atoms with Crippen LogP contribution in [0.25, 0.3) is 0 Å². The fraction of sp³-hybridized carbons (Fsp3) is 0.417. The molecule has 0 spiro atoms. The number of hydrogen-bond donors (Lipinski definition) is 3. The second kappa shape index (κ2) is 10.8. The fourth-order valence-corrected chi connectivity index (χ4v) is 3.37. The number of carbonyl (C=O) groups is 2. The quantitative estimate of drug-likeness (QED) is 0.607. The van der Waals surface area contributed by atoms with Crippen LogP contribution in [-0.2, 0) is 4.79 Å². The first kappa shape index (κ1) is 22.6. The maximum absolute atomic E-state index is 12.4. The van der Waals surface area contributed by atoms with Crippen molar-refractivity contribution in [3.8, 4) is 0 Å². The molecule has 0 heterocycles. The van der Waals surface area contributed by atoms with Gasteiger partial charge in [-0.3, -0.25) is 9.59 Å². The number of nitrogens with one attached hydrogen (secondary N) is 2. The lowest BCUT2D eigenvalue weighted by Gasteiger charge is -2.20. The molecule has 5 nitrogen and oxygen atoms in total. The molecule has 0 aliphatic carbocycles. The smallest absolute Gasteiger partial charge is 0.279 e. The highest BCUT2D eigenvalue weighted by Crippen LogP contribution is 2.23. The molecule has 2 aromatic carbocycles. The molecule has 0 aliphatic heterocycles. The van der Waals surface area contributed by atoms with Crippen molar-refractivity contribution in [2.24, 2.45) is 5.92 Å². The van der Waals surface area contributed by atoms with E-state index in [0.29, 0.717) is 29.6 Å². The Morgan fingerprint density at radius 2 is 1.52 bits per heavy atom. The van der Waals surface area contributed by atoms with Gasteiger partial charge in [0.2, 0.25) is 0 Å². The van der Waals surface area contributed by atoms with Crippen molar-refractivity contribution in [1.29, 1.82) is 0 Å². The third-order valence-electron chi connectivity index (χ3n) is 5.44. The average molecular weight is 397 g/mol. The molecule has 156 valence electrons. The van der Waals surface area contributed by atoms with Crippen LogP contribution in [0.2, 0.25) is 0 Å². The Labute approximate surface area is 174 Å². The highest BCUT2D eigenvalue weighted by molar-refractivity contribution is 5.95. The summed E-state index contributed by atoms with van der Waals surface area (Å²) in [6, 6.07) is 15.9. The summed E-state index contributed by atoms with van der Waals surface area (Å²) in [7, 11) is 1.59. The van der Waals surface area contributed by atoms with Crippen LogP contribution < -0.4 is 16.0 Å². The van der Waals surface area contributed by atoms with Gasteiger partial charge in [-0.15, -0.1) is 0 Å². The molecule has 0 bridgehead atoms. The van der Waals surface area contributed by atoms with E-state index in [-0.39, 0.29) is 17.9 Å². The van der Waals surface area contributed by atoms with Gasteiger partial charge in [0.15, 0.2) is 6.54 Å². The Bertz CT molecular complexity index is 798. The van der Waals surface area contributed by atoms with Crippen molar-refractivity contribution in [2.75, 3.05) is 18.9 Å². The summed E-state index contributed by atoms with van der Waals surface area (Å²) in [4.78, 5) is 24.0. The van der Waals surface area contributed by atoms with Crippen LogP contribution in [0.1, 0.15) is 67.6 Å². The van der Waals surface area contributed by atoms with E-state index in [4.69, 9.17) is 0 Å². The van der Waals surface area contributed by atoms with Gasteiger partial charge in [0.1, 0.15) is 6.04 Å². The standard InChI is InChI=1S/C24H33N3O2/c1-6-17(4)18-7-9-19(10-8-18)23(16(2)3)26-15-22(28)27-21-13-11-20(12-14-21)24(29)25-5/h7-14,16-17,23,26H,6,15H2,1-5H3,(H,25,29)(H,27,28)/p+1/t17-,23+/m0/s1. The second-order valence-electron chi connectivity index (χ2n) is 7.89. The largest absolute Gasteiger partial charge is 0.355 e. The number of anilines is 1. The van der Waals surface area contributed by atoms with E-state index < -0.39 is 0 Å². The minimum atomic E-state index is -0.143. The zero-order chi connectivity index (χ0) is 21.4. The Hall–Kier alpha value is -2.66. The number of hydrogen-bond acceptors (Lipinski definition) is 2. The van der Waals surface area contributed by atoms with Gasteiger partial charge in [0, 0.05) is 29.8 Å². The molecule has 2 rings (SSSR count). The Morgan fingerprint density at radius 1 is 0.931 bits per heavy atom. The molecule has 0 aromatic heterocycles. The normalized spacial score (nSPS) is 13.0. The summed E-state index contributed by atoms with van der Waals surface area (Å²) in [6.07, 6.45) is 1.13. The van der Waals surface area contributed by atoms with Gasteiger partial charge in [0.25, 0.3) is 11.8 Å². The third kappa shape index (κ3) is 6.43. The molecule has 0 saturated heterocycles. The molecule has 0 radical (unpaired) electrons. The van der Waals surface area contributed by atoms with E-state index >= 15 is 0 Å². The lowest BCUT2D eigenvalue weighted by Crippen LogP contribution is -2.88. The first-order chi connectivity index (χ1) is 13.8. The molecular weight excluding hydrogens is 362 g/mol. The molecule has 0 aliphatic rings. The van der Waals surface area contributed by atoms with Gasteiger partial charge in [-0.1, -0.05) is 52.0 Å². The van der Waals surface area contributed by atoms with E-state index in [1.54, 1.807) is 31.3 Å². The molecule has 5 heteroatoms. The van der Waals surface area contributed by atoms with Crippen LogP contribution in [0, 0.1) is 5.92 Å². The maximum Gasteiger partial charge on any atom is 0.279 e. The summed E-state index contributed by atoms with van der Waals surface area (Å²) in [5.41, 5.74) is 3.86. The van der Waals surface area contributed by atoms with Crippen molar-refractivity contribution in [3.63, 3.8) is 0 Å². The number of rotatable bonds is 9. The molecule has 4 N–H and O–H groups in total. The zero-order valence-electron chi connectivity index (χ0n) is 18.2. The third-order valence-corrected chi connectivity index (χ3v) is 5.44. The van der Waals surface area contributed by atoms with Crippen molar-refractivity contribution < 1.29 is 14.9 Å². The molecular formula is C24H34N3O2+. The average Bonchev–Trinajstić information content (AvgIpc) is 2.73. The fourth-order valence-electron chi connectivity index (χ4n) is 3.37. The lowest BCUT2D eigenvalue weighted by atomic mass is 9.92. The van der Waals surface area contributed by atoms with Crippen LogP contribution in [0.4, 0.5) is 5.69 Å². The summed E-state index contributed by atoms with van der Waals surface area (Å²) in [5, 5.41) is 7.58. The zero-order valence-corrected chi connectivity index (χ0v) is 18.2. The highest BCUT2D eigenvalue weighted by Gasteiger charge is 2.21. The molecule has 0 saturated carbocycles. The molecule has 0 fully saturated rings. The van der Waals surface area contributed by atoms with E-state index in [2.05, 4.69) is 67.9 Å². The van der Waals surface area contributed by atoms with E-state index in [0.717, 1.165) is 6.42 Å². The maximum atomic E-state index is 12.4. The summed E-state index contributed by atoms with van der Waals surface area (Å²) < 4.78 is 0. The number of quaternary nitrogens is 1. The monoisotopic (exact) mass is 396 g/mol. The molecule has 2 amide bonds. The molecule has 2 atom stereocenters. The second-order valence-corrected chi connectivity index (χ2v) is 7.89. The van der Waals surface area contributed by atoms with E-state index in [9.17, 15) is 9.59 Å². The van der Waals surface area contributed by atoms with Crippen molar-refractivity contribution >= 4 is 17.5 Å². The van der Waals surface area contributed by atoms with Crippen LogP contribution in [-0.4, -0.2) is 25.4 Å². The summed E-state index contributed by atoms with van der Waals surface area (Å²) in [6.45, 7) is 9.14. The van der Waals surface area contributed by atoms with Gasteiger partial charge in [0.05, 0.1) is 0 Å². The van der Waals surface area contributed by atoms with E-state index in [1.807, 2.05) is 0 Å². The SMILES string of the molecule is CC[C@H](C)c1ccc([C@H]([NH2+]CC(=O)Nc2ccc(C(=O)NC)cc2)C(C)C)cc1. The number of carbonyl (C=O) groups excluding carboxylic acids is 2. The van der Waals surface area contributed by atoms with Crippen molar-refractivity contribution in [1.82, 2.24) is 5.32 Å². The Morgan fingerprint density at radius 3 is 2.03 bits per heavy atom. The number of amides is 2. The van der Waals surface area contributed by atoms with Gasteiger partial charge in [-0.25, -0.2) is 0 Å². The molecule has 0 unspecified atom stereocenters. The molecule has 2 aromatic rings. The predicted molar refractivity (Wildman–Crippen MR) is 118 cm³/mol. The van der Waals surface area contributed by atoms with Crippen LogP contribution in [0.3, 0.4) is 0 Å². The van der Waals surface area contributed by atoms with Gasteiger partial charge in [-0.2, -0.15) is 0 Å². The first-order valence-electron chi connectivity index (χ1n) is 10.4. The van der Waals surface area contributed by atoms with Crippen LogP contribution >= 0.6 is 0 Å². The van der Waals surface area contributed by atoms with Crippen molar-refractivity contribution in [2.45, 2.75) is 46.1 Å². The number of nitrogens with two attached hydrogens (primary N) is 1. The van der Waals surface area contributed by atoms with Gasteiger partial charge in [-0.05, 0) is 42.2 Å². The minimum absolute atomic E-state index is 0.0560. The van der Waals surface area contributed by atoms with E-state index in [1.165, 1.54) is 11.1 Å². The lowest BCUT2D eigenvalue weighted by molar-refractivity contribution is -0.692. The van der Waals surface area contributed by atoms with Crippen LogP contribution in [0.15, 0.2) is 48.5 Å². The van der Waals surface area contributed by atoms with Crippen molar-refractivity contribution in [3.05, 3.63) is 65.2 Å². The highest BCUT2D eigenvalue weighted by atomic mass is 16.2.